The van der Waals surface area contributed by atoms with Crippen LogP contribution in [0.5, 0.6) is 0 Å². The molecule has 1 atom stereocenters. The van der Waals surface area contributed by atoms with Gasteiger partial charge in [-0.2, -0.15) is 10.4 Å². The Bertz CT molecular complexity index is 1080. The molecule has 0 saturated heterocycles. The van der Waals surface area contributed by atoms with E-state index in [-0.39, 0.29) is 11.9 Å². The molecule has 3 heterocycles. The minimum Gasteiger partial charge on any atom is -0.343 e. The standard InChI is InChI=1S/C21H23N7O/c22-14-21(9-10-21)28-13-17(25-26-28)19(15-6-2-1-3-7-15)24-20(29)16-12-23-27-11-5-4-8-18(16)27/h4-5,8,11-13,15,19H,1-3,6-7,9-10H2,(H,24,29). The monoisotopic (exact) mass is 389 g/mol. The number of carbonyl (C=O) groups excluding carboxylic acids is 1. The summed E-state index contributed by atoms with van der Waals surface area (Å²) in [7, 11) is 0. The summed E-state index contributed by atoms with van der Waals surface area (Å²) >= 11 is 0. The number of aromatic nitrogens is 5. The molecule has 0 spiro atoms. The van der Waals surface area contributed by atoms with E-state index in [2.05, 4.69) is 26.8 Å². The average molecular weight is 389 g/mol. The highest BCUT2D eigenvalue weighted by Crippen LogP contribution is 2.43. The zero-order valence-corrected chi connectivity index (χ0v) is 16.2. The van der Waals surface area contributed by atoms with Crippen molar-refractivity contribution in [1.82, 2.24) is 29.9 Å². The molecule has 3 aromatic heterocycles. The van der Waals surface area contributed by atoms with Crippen molar-refractivity contribution in [1.29, 1.82) is 5.26 Å². The van der Waals surface area contributed by atoms with Crippen LogP contribution >= 0.6 is 0 Å². The SMILES string of the molecule is N#CC1(n2cc(C(NC(=O)c3cnn4ccccc34)C3CCCCC3)nn2)CC1. The second-order valence-corrected chi connectivity index (χ2v) is 8.17. The van der Waals surface area contributed by atoms with Crippen molar-refractivity contribution in [3.05, 3.63) is 48.0 Å². The van der Waals surface area contributed by atoms with E-state index in [1.807, 2.05) is 30.6 Å². The van der Waals surface area contributed by atoms with Gasteiger partial charge < -0.3 is 5.32 Å². The third kappa shape index (κ3) is 3.16. The molecule has 3 aromatic rings. The topological polar surface area (TPSA) is 101 Å². The van der Waals surface area contributed by atoms with E-state index in [0.29, 0.717) is 11.5 Å². The average Bonchev–Trinajstić information content (AvgIpc) is 3.20. The molecule has 5 rings (SSSR count). The van der Waals surface area contributed by atoms with Crippen LogP contribution in [0.1, 0.15) is 67.0 Å². The van der Waals surface area contributed by atoms with E-state index in [0.717, 1.165) is 49.7 Å². The maximum Gasteiger partial charge on any atom is 0.255 e. The lowest BCUT2D eigenvalue weighted by atomic mass is 9.82. The molecule has 2 aliphatic rings. The van der Waals surface area contributed by atoms with Gasteiger partial charge in [0.2, 0.25) is 0 Å². The number of hydrogen-bond acceptors (Lipinski definition) is 5. The number of nitrogens with one attached hydrogen (secondary N) is 1. The van der Waals surface area contributed by atoms with Crippen LogP contribution in [0.2, 0.25) is 0 Å². The Balaban J connectivity index is 1.45. The first-order chi connectivity index (χ1) is 14.2. The molecule has 1 unspecified atom stereocenters. The van der Waals surface area contributed by atoms with Crippen LogP contribution in [-0.4, -0.2) is 30.5 Å². The highest BCUT2D eigenvalue weighted by atomic mass is 16.1. The third-order valence-corrected chi connectivity index (χ3v) is 6.28. The Kier molecular flexibility index (Phi) is 4.31. The number of fused-ring (bicyclic) bond motifs is 1. The van der Waals surface area contributed by atoms with Crippen molar-refractivity contribution in [3.63, 3.8) is 0 Å². The van der Waals surface area contributed by atoms with Crippen LogP contribution in [0.4, 0.5) is 0 Å². The van der Waals surface area contributed by atoms with Gasteiger partial charge in [-0.15, -0.1) is 5.10 Å². The van der Waals surface area contributed by atoms with Crippen molar-refractivity contribution in [2.75, 3.05) is 0 Å². The Hall–Kier alpha value is -3.21. The minimum absolute atomic E-state index is 0.155. The van der Waals surface area contributed by atoms with E-state index < -0.39 is 5.54 Å². The number of carbonyl (C=O) groups is 1. The first-order valence-electron chi connectivity index (χ1n) is 10.3. The van der Waals surface area contributed by atoms with Gasteiger partial charge in [0.1, 0.15) is 5.69 Å². The summed E-state index contributed by atoms with van der Waals surface area (Å²) in [5.74, 6) is 0.162. The van der Waals surface area contributed by atoms with Gasteiger partial charge in [0.05, 0.1) is 35.6 Å². The van der Waals surface area contributed by atoms with Crippen LogP contribution in [-0.2, 0) is 5.54 Å². The summed E-state index contributed by atoms with van der Waals surface area (Å²) in [5.41, 5.74) is 1.52. The van der Waals surface area contributed by atoms with Gasteiger partial charge in [-0.25, -0.2) is 9.20 Å². The summed E-state index contributed by atoms with van der Waals surface area (Å²) in [6.07, 6.45) is 12.5. The van der Waals surface area contributed by atoms with Gasteiger partial charge in [0.15, 0.2) is 5.54 Å². The number of nitrogens with zero attached hydrogens (tertiary/aromatic N) is 6. The smallest absolute Gasteiger partial charge is 0.255 e. The van der Waals surface area contributed by atoms with E-state index in [9.17, 15) is 10.1 Å². The second kappa shape index (κ2) is 6.99. The van der Waals surface area contributed by atoms with Gasteiger partial charge in [-0.3, -0.25) is 4.79 Å². The van der Waals surface area contributed by atoms with Crippen LogP contribution in [0, 0.1) is 17.2 Å². The first-order valence-corrected chi connectivity index (χ1v) is 10.3. The summed E-state index contributed by atoms with van der Waals surface area (Å²) in [6.45, 7) is 0. The van der Waals surface area contributed by atoms with Crippen molar-refractivity contribution in [2.45, 2.75) is 56.5 Å². The summed E-state index contributed by atoms with van der Waals surface area (Å²) in [4.78, 5) is 13.1. The minimum atomic E-state index is -0.547. The van der Waals surface area contributed by atoms with Crippen LogP contribution in [0.3, 0.4) is 0 Å². The molecule has 8 heteroatoms. The van der Waals surface area contributed by atoms with Gasteiger partial charge in [-0.05, 0) is 43.7 Å². The van der Waals surface area contributed by atoms with Crippen LogP contribution in [0.25, 0.3) is 5.52 Å². The predicted molar refractivity (Wildman–Crippen MR) is 105 cm³/mol. The Morgan fingerprint density at radius 3 is 2.86 bits per heavy atom. The third-order valence-electron chi connectivity index (χ3n) is 6.28. The molecule has 148 valence electrons. The molecular weight excluding hydrogens is 366 g/mol. The number of hydrogen-bond donors (Lipinski definition) is 1. The largest absolute Gasteiger partial charge is 0.343 e. The molecule has 0 aromatic carbocycles. The van der Waals surface area contributed by atoms with Crippen molar-refractivity contribution in [2.24, 2.45) is 5.92 Å². The molecule has 1 N–H and O–H groups in total. The summed E-state index contributed by atoms with van der Waals surface area (Å²) in [5, 5.41) is 25.5. The van der Waals surface area contributed by atoms with E-state index in [1.165, 1.54) is 6.42 Å². The van der Waals surface area contributed by atoms with E-state index in [4.69, 9.17) is 0 Å². The Morgan fingerprint density at radius 2 is 2.10 bits per heavy atom. The van der Waals surface area contributed by atoms with Gasteiger partial charge in [0.25, 0.3) is 5.91 Å². The van der Waals surface area contributed by atoms with E-state index >= 15 is 0 Å². The summed E-state index contributed by atoms with van der Waals surface area (Å²) in [6, 6.07) is 7.79. The molecule has 29 heavy (non-hydrogen) atoms. The lowest BCUT2D eigenvalue weighted by Crippen LogP contribution is -2.34. The van der Waals surface area contributed by atoms with Crippen LogP contribution < -0.4 is 5.32 Å². The number of amides is 1. The van der Waals surface area contributed by atoms with Gasteiger partial charge in [-0.1, -0.05) is 30.5 Å². The number of rotatable bonds is 5. The lowest BCUT2D eigenvalue weighted by Gasteiger charge is -2.29. The Labute approximate surface area is 168 Å². The normalized spacial score (nSPS) is 19.6. The number of nitriles is 1. The molecule has 8 nitrogen and oxygen atoms in total. The molecule has 0 radical (unpaired) electrons. The highest BCUT2D eigenvalue weighted by Gasteiger charge is 2.47. The van der Waals surface area contributed by atoms with Gasteiger partial charge >= 0.3 is 0 Å². The van der Waals surface area contributed by atoms with Crippen LogP contribution in [0.15, 0.2) is 36.8 Å². The fourth-order valence-electron chi connectivity index (χ4n) is 4.37. The predicted octanol–water partition coefficient (Wildman–Crippen LogP) is 2.99. The highest BCUT2D eigenvalue weighted by molar-refractivity contribution is 6.00. The quantitative estimate of drug-likeness (QED) is 0.723. The zero-order chi connectivity index (χ0) is 19.8. The molecule has 0 bridgehead atoms. The molecule has 2 aliphatic carbocycles. The maximum atomic E-state index is 13.1. The molecule has 1 amide bonds. The molecule has 2 fully saturated rings. The first kappa shape index (κ1) is 17.9. The summed E-state index contributed by atoms with van der Waals surface area (Å²) < 4.78 is 3.38. The maximum absolute atomic E-state index is 13.1. The molecular formula is C21H23N7O. The van der Waals surface area contributed by atoms with Gasteiger partial charge in [0, 0.05) is 6.20 Å². The Morgan fingerprint density at radius 1 is 1.28 bits per heavy atom. The molecule has 2 saturated carbocycles. The van der Waals surface area contributed by atoms with E-state index in [1.54, 1.807) is 15.4 Å². The molecule has 0 aliphatic heterocycles. The lowest BCUT2D eigenvalue weighted by molar-refractivity contribution is 0.0912. The second-order valence-electron chi connectivity index (χ2n) is 8.17. The van der Waals surface area contributed by atoms with Crippen molar-refractivity contribution >= 4 is 11.4 Å². The van der Waals surface area contributed by atoms with Crippen molar-refractivity contribution < 1.29 is 4.79 Å². The fraction of sp³-hybridized carbons (Fsp3) is 0.476. The fourth-order valence-corrected chi connectivity index (χ4v) is 4.37. The van der Waals surface area contributed by atoms with Crippen molar-refractivity contribution in [3.8, 4) is 6.07 Å². The zero-order valence-electron chi connectivity index (χ0n) is 16.2. The number of pyridine rings is 1.